The van der Waals surface area contributed by atoms with Gasteiger partial charge in [-0.3, -0.25) is 4.79 Å². The van der Waals surface area contributed by atoms with Crippen LogP contribution in [0.5, 0.6) is 11.5 Å². The van der Waals surface area contributed by atoms with Crippen molar-refractivity contribution in [1.29, 1.82) is 0 Å². The van der Waals surface area contributed by atoms with Crippen LogP contribution in [0.25, 0.3) is 0 Å². The van der Waals surface area contributed by atoms with Crippen molar-refractivity contribution in [2.45, 2.75) is 65.8 Å². The van der Waals surface area contributed by atoms with Crippen molar-refractivity contribution in [2.24, 2.45) is 5.92 Å². The second kappa shape index (κ2) is 12.3. The first-order valence-corrected chi connectivity index (χ1v) is 13.2. The standard InChI is InChI=1S/C25H31F5NO5P/c1-7-15(8-2)13-34-24(32)14(3)31-37(33,35-17-11-9-10-16(12-17)25(4,5)6)36-23-21(29)19(27)18(26)20(28)22(23)30/h9-12,14-15H,7-8,13H2,1-6H3,(H,31,33)/t14-,37?/m0/s1. The summed E-state index contributed by atoms with van der Waals surface area (Å²) in [6.45, 7) is 10.8. The topological polar surface area (TPSA) is 73.9 Å². The van der Waals surface area contributed by atoms with Crippen molar-refractivity contribution >= 4 is 13.7 Å². The maximum Gasteiger partial charge on any atom is 0.513 e. The van der Waals surface area contributed by atoms with Crippen molar-refractivity contribution in [1.82, 2.24) is 5.09 Å². The molecule has 37 heavy (non-hydrogen) atoms. The molecule has 0 fully saturated rings. The second-order valence-corrected chi connectivity index (χ2v) is 11.1. The summed E-state index contributed by atoms with van der Waals surface area (Å²) in [6, 6.07) is 4.70. The lowest BCUT2D eigenvalue weighted by molar-refractivity contribution is -0.146. The SMILES string of the molecule is CCC(CC)COC(=O)[C@H](C)NP(=O)(Oc1cccc(C(C)(C)C)c1)Oc1c(F)c(F)c(F)c(F)c1F. The number of hydrogen-bond acceptors (Lipinski definition) is 5. The fourth-order valence-corrected chi connectivity index (χ4v) is 4.67. The Labute approximate surface area is 213 Å². The summed E-state index contributed by atoms with van der Waals surface area (Å²) in [5.41, 5.74) is 0.330. The molecule has 0 bridgehead atoms. The van der Waals surface area contributed by atoms with Crippen molar-refractivity contribution < 1.29 is 45.1 Å². The molecule has 0 amide bonds. The highest BCUT2D eigenvalue weighted by Gasteiger charge is 2.38. The van der Waals surface area contributed by atoms with Crippen molar-refractivity contribution in [3.8, 4) is 11.5 Å². The Bertz CT molecular complexity index is 1140. The van der Waals surface area contributed by atoms with Crippen molar-refractivity contribution in [3.63, 3.8) is 0 Å². The van der Waals surface area contributed by atoms with E-state index < -0.39 is 54.6 Å². The molecular formula is C25H31F5NO5P. The number of esters is 1. The molecule has 206 valence electrons. The van der Waals surface area contributed by atoms with E-state index in [9.17, 15) is 31.3 Å². The third kappa shape index (κ3) is 7.68. The first kappa shape index (κ1) is 30.6. The van der Waals surface area contributed by atoms with E-state index in [2.05, 4.69) is 5.09 Å². The molecule has 2 atom stereocenters. The highest BCUT2D eigenvalue weighted by Crippen LogP contribution is 2.48. The Balaban J connectivity index is 2.45. The van der Waals surface area contributed by atoms with Gasteiger partial charge in [0.25, 0.3) is 0 Å². The zero-order valence-electron chi connectivity index (χ0n) is 21.5. The van der Waals surface area contributed by atoms with Crippen LogP contribution in [0.2, 0.25) is 0 Å². The summed E-state index contributed by atoms with van der Waals surface area (Å²) in [5.74, 6) is -14.5. The minimum Gasteiger partial charge on any atom is -0.464 e. The minimum atomic E-state index is -5.00. The molecule has 0 aliphatic carbocycles. The largest absolute Gasteiger partial charge is 0.513 e. The Kier molecular flexibility index (Phi) is 10.1. The average molecular weight is 551 g/mol. The van der Waals surface area contributed by atoms with E-state index in [1.807, 2.05) is 34.6 Å². The minimum absolute atomic E-state index is 0.0646. The quantitative estimate of drug-likeness (QED) is 0.105. The van der Waals surface area contributed by atoms with Crippen molar-refractivity contribution in [2.75, 3.05) is 6.61 Å². The number of ether oxygens (including phenoxy) is 1. The third-order valence-corrected chi connectivity index (χ3v) is 7.21. The summed E-state index contributed by atoms with van der Waals surface area (Å²) in [6.07, 6.45) is 1.47. The lowest BCUT2D eigenvalue weighted by Crippen LogP contribution is -2.36. The van der Waals surface area contributed by atoms with Crippen LogP contribution in [0, 0.1) is 35.0 Å². The summed E-state index contributed by atoms with van der Waals surface area (Å²) in [4.78, 5) is 12.5. The fraction of sp³-hybridized carbons (Fsp3) is 0.480. The zero-order chi connectivity index (χ0) is 28.1. The third-order valence-electron chi connectivity index (χ3n) is 5.63. The first-order valence-electron chi connectivity index (χ1n) is 11.7. The number of halogens is 5. The molecule has 0 spiro atoms. The van der Waals surface area contributed by atoms with Gasteiger partial charge in [-0.05, 0) is 36.0 Å². The molecule has 1 unspecified atom stereocenters. The van der Waals surface area contributed by atoms with Gasteiger partial charge < -0.3 is 13.8 Å². The van der Waals surface area contributed by atoms with Gasteiger partial charge in [-0.25, -0.2) is 17.7 Å². The number of carbonyl (C=O) groups excluding carboxylic acids is 1. The molecule has 2 aromatic carbocycles. The van der Waals surface area contributed by atoms with Gasteiger partial charge in [-0.15, -0.1) is 0 Å². The molecule has 0 heterocycles. The zero-order valence-corrected chi connectivity index (χ0v) is 22.4. The van der Waals surface area contributed by atoms with Crippen molar-refractivity contribution in [3.05, 3.63) is 58.9 Å². The average Bonchev–Trinajstić information content (AvgIpc) is 2.84. The number of hydrogen-bond donors (Lipinski definition) is 1. The van der Waals surface area contributed by atoms with Crippen LogP contribution in [0.4, 0.5) is 22.0 Å². The highest BCUT2D eigenvalue weighted by molar-refractivity contribution is 7.52. The van der Waals surface area contributed by atoms with E-state index in [0.717, 1.165) is 12.8 Å². The maximum absolute atomic E-state index is 14.3. The van der Waals surface area contributed by atoms with Crippen LogP contribution in [0.15, 0.2) is 24.3 Å². The molecule has 0 aliphatic heterocycles. The van der Waals surface area contributed by atoms with E-state index in [-0.39, 0.29) is 23.7 Å². The fourth-order valence-electron chi connectivity index (χ4n) is 3.15. The summed E-state index contributed by atoms with van der Waals surface area (Å²) < 4.78 is 98.8. The maximum atomic E-state index is 14.3. The predicted octanol–water partition coefficient (Wildman–Crippen LogP) is 7.20. The predicted molar refractivity (Wildman–Crippen MR) is 128 cm³/mol. The van der Waals surface area contributed by atoms with Crippen LogP contribution < -0.4 is 14.1 Å². The number of rotatable bonds is 11. The van der Waals surface area contributed by atoms with Crippen LogP contribution in [-0.2, 0) is 19.5 Å². The Hall–Kier alpha value is -2.65. The Morgan fingerprint density at radius 1 is 0.946 bits per heavy atom. The molecular weight excluding hydrogens is 520 g/mol. The Morgan fingerprint density at radius 2 is 1.49 bits per heavy atom. The normalized spacial score (nSPS) is 14.3. The van der Waals surface area contributed by atoms with Gasteiger partial charge in [0.2, 0.25) is 34.8 Å². The number of benzene rings is 2. The number of nitrogens with one attached hydrogen (secondary N) is 1. The lowest BCUT2D eigenvalue weighted by Gasteiger charge is -2.25. The molecule has 0 aromatic heterocycles. The Morgan fingerprint density at radius 3 is 2.00 bits per heavy atom. The van der Waals surface area contributed by atoms with Gasteiger partial charge in [0.05, 0.1) is 6.61 Å². The molecule has 0 radical (unpaired) electrons. The summed E-state index contributed by atoms with van der Waals surface area (Å²) >= 11 is 0. The van der Waals surface area contributed by atoms with E-state index in [0.29, 0.717) is 5.56 Å². The van der Waals surface area contributed by atoms with Crippen LogP contribution in [0.1, 0.15) is 59.9 Å². The molecule has 2 rings (SSSR count). The lowest BCUT2D eigenvalue weighted by atomic mass is 9.87. The molecule has 12 heteroatoms. The molecule has 6 nitrogen and oxygen atoms in total. The van der Waals surface area contributed by atoms with E-state index in [1.54, 1.807) is 12.1 Å². The first-order chi connectivity index (χ1) is 17.1. The van der Waals surface area contributed by atoms with E-state index in [1.165, 1.54) is 19.1 Å². The molecule has 0 saturated carbocycles. The molecule has 0 aliphatic rings. The van der Waals surface area contributed by atoms with Crippen LogP contribution >= 0.6 is 7.75 Å². The van der Waals surface area contributed by atoms with Gasteiger partial charge >= 0.3 is 13.7 Å². The number of carbonyl (C=O) groups is 1. The van der Waals surface area contributed by atoms with Crippen LogP contribution in [-0.4, -0.2) is 18.6 Å². The van der Waals surface area contributed by atoms with Crippen LogP contribution in [0.3, 0.4) is 0 Å². The van der Waals surface area contributed by atoms with Gasteiger partial charge in [0.1, 0.15) is 11.8 Å². The molecule has 1 N–H and O–H groups in total. The smallest absolute Gasteiger partial charge is 0.464 e. The van der Waals surface area contributed by atoms with E-state index in [4.69, 9.17) is 13.8 Å². The van der Waals surface area contributed by atoms with Gasteiger partial charge in [-0.2, -0.15) is 13.9 Å². The van der Waals surface area contributed by atoms with Gasteiger partial charge in [-0.1, -0.05) is 59.6 Å². The van der Waals surface area contributed by atoms with Gasteiger partial charge in [0, 0.05) is 0 Å². The van der Waals surface area contributed by atoms with E-state index >= 15 is 0 Å². The second-order valence-electron chi connectivity index (χ2n) is 9.52. The monoisotopic (exact) mass is 551 g/mol. The highest BCUT2D eigenvalue weighted by atomic mass is 31.2. The summed E-state index contributed by atoms with van der Waals surface area (Å²) in [5, 5.41) is 2.18. The summed E-state index contributed by atoms with van der Waals surface area (Å²) in [7, 11) is -5.00. The van der Waals surface area contributed by atoms with Gasteiger partial charge in [0.15, 0.2) is 0 Å². The molecule has 0 saturated heterocycles. The molecule has 2 aromatic rings.